The summed E-state index contributed by atoms with van der Waals surface area (Å²) in [7, 11) is 0. The Morgan fingerprint density at radius 3 is 2.00 bits per heavy atom. The van der Waals surface area contributed by atoms with Crippen molar-refractivity contribution in [1.29, 1.82) is 0 Å². The number of benzene rings is 1. The van der Waals surface area contributed by atoms with Gasteiger partial charge in [-0.2, -0.15) is 0 Å². The lowest BCUT2D eigenvalue weighted by atomic mass is 9.94. The van der Waals surface area contributed by atoms with Crippen LogP contribution in [0.2, 0.25) is 0 Å². The van der Waals surface area contributed by atoms with Crippen molar-refractivity contribution in [1.82, 2.24) is 4.90 Å². The van der Waals surface area contributed by atoms with E-state index in [2.05, 4.69) is 32.9 Å². The molecule has 0 aliphatic heterocycles. The molecule has 0 radical (unpaired) electrons. The standard InChI is InChI=1S/C16H25NO2/c1-6-17(7-2)15(16(18)19)10-14-12(4)8-11(3)9-13(14)5/h8-9,15H,6-7,10H2,1-5H3,(H,18,19). The van der Waals surface area contributed by atoms with Crippen molar-refractivity contribution < 1.29 is 9.90 Å². The normalized spacial score (nSPS) is 12.7. The number of nitrogens with zero attached hydrogens (tertiary/aromatic N) is 1. The summed E-state index contributed by atoms with van der Waals surface area (Å²) in [6.07, 6.45) is 0.578. The second kappa shape index (κ2) is 6.71. The molecule has 0 saturated carbocycles. The van der Waals surface area contributed by atoms with Crippen molar-refractivity contribution in [2.75, 3.05) is 13.1 Å². The Hall–Kier alpha value is -1.35. The van der Waals surface area contributed by atoms with Crippen LogP contribution in [0.25, 0.3) is 0 Å². The molecule has 3 nitrogen and oxygen atoms in total. The van der Waals surface area contributed by atoms with Crippen LogP contribution in [0.15, 0.2) is 12.1 Å². The van der Waals surface area contributed by atoms with Crippen LogP contribution in [-0.4, -0.2) is 35.1 Å². The Labute approximate surface area is 116 Å². The average molecular weight is 263 g/mol. The minimum Gasteiger partial charge on any atom is -0.480 e. The van der Waals surface area contributed by atoms with Gasteiger partial charge in [-0.1, -0.05) is 31.5 Å². The van der Waals surface area contributed by atoms with E-state index in [1.165, 1.54) is 22.3 Å². The predicted octanol–water partition coefficient (Wildman–Crippen LogP) is 2.95. The number of likely N-dealkylation sites (N-methyl/N-ethyl adjacent to an activating group) is 1. The SMILES string of the molecule is CCN(CC)C(Cc1c(C)cc(C)cc1C)C(=O)O. The monoisotopic (exact) mass is 263 g/mol. The van der Waals surface area contributed by atoms with E-state index >= 15 is 0 Å². The van der Waals surface area contributed by atoms with Crippen LogP contribution in [0, 0.1) is 20.8 Å². The van der Waals surface area contributed by atoms with Gasteiger partial charge in [0.15, 0.2) is 0 Å². The van der Waals surface area contributed by atoms with E-state index in [0.29, 0.717) is 6.42 Å². The van der Waals surface area contributed by atoms with Crippen LogP contribution in [0.4, 0.5) is 0 Å². The van der Waals surface area contributed by atoms with Crippen LogP contribution in [0.1, 0.15) is 36.1 Å². The van der Waals surface area contributed by atoms with E-state index in [0.717, 1.165) is 13.1 Å². The molecule has 1 aromatic carbocycles. The molecule has 1 rings (SSSR count). The Morgan fingerprint density at radius 2 is 1.63 bits per heavy atom. The fourth-order valence-electron chi connectivity index (χ4n) is 2.76. The molecule has 0 spiro atoms. The summed E-state index contributed by atoms with van der Waals surface area (Å²) < 4.78 is 0. The van der Waals surface area contributed by atoms with Crippen LogP contribution in [0.5, 0.6) is 0 Å². The molecule has 1 aromatic rings. The van der Waals surface area contributed by atoms with E-state index in [1.807, 2.05) is 18.7 Å². The first-order valence-corrected chi connectivity index (χ1v) is 6.94. The zero-order valence-corrected chi connectivity index (χ0v) is 12.7. The molecule has 106 valence electrons. The highest BCUT2D eigenvalue weighted by molar-refractivity contribution is 5.74. The molecule has 1 N–H and O–H groups in total. The number of aryl methyl sites for hydroxylation is 3. The zero-order valence-electron chi connectivity index (χ0n) is 12.7. The number of aliphatic carboxylic acids is 1. The van der Waals surface area contributed by atoms with Gasteiger partial charge in [0.25, 0.3) is 0 Å². The predicted molar refractivity (Wildman–Crippen MR) is 78.7 cm³/mol. The molecule has 3 heteroatoms. The highest BCUT2D eigenvalue weighted by Crippen LogP contribution is 2.20. The summed E-state index contributed by atoms with van der Waals surface area (Å²) in [6, 6.07) is 3.82. The highest BCUT2D eigenvalue weighted by atomic mass is 16.4. The van der Waals surface area contributed by atoms with Gasteiger partial charge in [-0.25, -0.2) is 0 Å². The highest BCUT2D eigenvalue weighted by Gasteiger charge is 2.24. The first-order chi connectivity index (χ1) is 8.90. The molecule has 0 amide bonds. The quantitative estimate of drug-likeness (QED) is 0.858. The molecule has 0 aliphatic carbocycles. The molecule has 0 fully saturated rings. The van der Waals surface area contributed by atoms with Gasteiger partial charge in [0.1, 0.15) is 6.04 Å². The summed E-state index contributed by atoms with van der Waals surface area (Å²) in [5.41, 5.74) is 4.78. The summed E-state index contributed by atoms with van der Waals surface area (Å²) in [6.45, 7) is 11.7. The Morgan fingerprint density at radius 1 is 1.16 bits per heavy atom. The number of carboxylic acids is 1. The number of hydrogen-bond acceptors (Lipinski definition) is 2. The van der Waals surface area contributed by atoms with Gasteiger partial charge in [0.2, 0.25) is 0 Å². The van der Waals surface area contributed by atoms with Crippen LogP contribution in [0.3, 0.4) is 0 Å². The van der Waals surface area contributed by atoms with E-state index in [1.54, 1.807) is 0 Å². The third-order valence-corrected chi connectivity index (χ3v) is 3.78. The van der Waals surface area contributed by atoms with E-state index in [4.69, 9.17) is 0 Å². The van der Waals surface area contributed by atoms with Crippen molar-refractivity contribution in [3.63, 3.8) is 0 Å². The lowest BCUT2D eigenvalue weighted by molar-refractivity contribution is -0.143. The molecule has 1 atom stereocenters. The van der Waals surface area contributed by atoms with Crippen molar-refractivity contribution in [3.8, 4) is 0 Å². The number of rotatable bonds is 6. The number of carboxylic acid groups (broad SMARTS) is 1. The summed E-state index contributed by atoms with van der Waals surface area (Å²) in [5.74, 6) is -0.733. The maximum absolute atomic E-state index is 11.5. The van der Waals surface area contributed by atoms with Gasteiger partial charge in [-0.05, 0) is 57.0 Å². The molecular weight excluding hydrogens is 238 g/mol. The van der Waals surface area contributed by atoms with Gasteiger partial charge >= 0.3 is 5.97 Å². The Balaban J connectivity index is 3.07. The topological polar surface area (TPSA) is 40.5 Å². The Kier molecular flexibility index (Phi) is 5.55. The fourth-order valence-corrected chi connectivity index (χ4v) is 2.76. The number of carbonyl (C=O) groups is 1. The van der Waals surface area contributed by atoms with Gasteiger partial charge in [0, 0.05) is 0 Å². The lowest BCUT2D eigenvalue weighted by Gasteiger charge is -2.27. The second-order valence-electron chi connectivity index (χ2n) is 5.16. The summed E-state index contributed by atoms with van der Waals surface area (Å²) >= 11 is 0. The van der Waals surface area contributed by atoms with E-state index < -0.39 is 12.0 Å². The van der Waals surface area contributed by atoms with Crippen molar-refractivity contribution in [2.45, 2.75) is 47.1 Å². The lowest BCUT2D eigenvalue weighted by Crippen LogP contribution is -2.42. The molecule has 19 heavy (non-hydrogen) atoms. The Bertz CT molecular complexity index is 427. The van der Waals surface area contributed by atoms with Crippen LogP contribution < -0.4 is 0 Å². The molecule has 0 aromatic heterocycles. The van der Waals surface area contributed by atoms with Gasteiger partial charge in [-0.3, -0.25) is 9.69 Å². The van der Waals surface area contributed by atoms with Crippen LogP contribution >= 0.6 is 0 Å². The molecule has 0 heterocycles. The van der Waals surface area contributed by atoms with Crippen molar-refractivity contribution in [2.24, 2.45) is 0 Å². The first kappa shape index (κ1) is 15.7. The largest absolute Gasteiger partial charge is 0.480 e. The molecule has 0 bridgehead atoms. The minimum absolute atomic E-state index is 0.435. The van der Waals surface area contributed by atoms with Gasteiger partial charge in [-0.15, -0.1) is 0 Å². The first-order valence-electron chi connectivity index (χ1n) is 6.94. The second-order valence-corrected chi connectivity index (χ2v) is 5.16. The van der Waals surface area contributed by atoms with Gasteiger partial charge in [0.05, 0.1) is 0 Å². The molecular formula is C16H25NO2. The zero-order chi connectivity index (χ0) is 14.6. The maximum atomic E-state index is 11.5. The molecule has 0 aliphatic rings. The number of hydrogen-bond donors (Lipinski definition) is 1. The third-order valence-electron chi connectivity index (χ3n) is 3.78. The minimum atomic E-state index is -0.733. The average Bonchev–Trinajstić information content (AvgIpc) is 2.31. The third kappa shape index (κ3) is 3.80. The smallest absolute Gasteiger partial charge is 0.321 e. The van der Waals surface area contributed by atoms with Crippen molar-refractivity contribution >= 4 is 5.97 Å². The van der Waals surface area contributed by atoms with E-state index in [9.17, 15) is 9.90 Å². The van der Waals surface area contributed by atoms with Gasteiger partial charge < -0.3 is 5.11 Å². The molecule has 0 saturated heterocycles. The fraction of sp³-hybridized carbons (Fsp3) is 0.562. The van der Waals surface area contributed by atoms with Crippen LogP contribution in [-0.2, 0) is 11.2 Å². The summed E-state index contributed by atoms with van der Waals surface area (Å²) in [5, 5.41) is 9.46. The van der Waals surface area contributed by atoms with E-state index in [-0.39, 0.29) is 0 Å². The maximum Gasteiger partial charge on any atom is 0.321 e. The molecule has 1 unspecified atom stereocenters. The summed E-state index contributed by atoms with van der Waals surface area (Å²) in [4.78, 5) is 13.5. The van der Waals surface area contributed by atoms with Crippen molar-refractivity contribution in [3.05, 3.63) is 34.4 Å².